The van der Waals surface area contributed by atoms with Crippen molar-refractivity contribution in [2.24, 2.45) is 5.92 Å². The highest BCUT2D eigenvalue weighted by Crippen LogP contribution is 2.44. The average molecular weight is 414 g/mol. The third-order valence-electron chi connectivity index (χ3n) is 6.24. The van der Waals surface area contributed by atoms with Crippen molar-refractivity contribution < 1.29 is 19.0 Å². The molecule has 0 spiro atoms. The molecule has 5 heteroatoms. The molecule has 3 rings (SSSR count). The predicted octanol–water partition coefficient (Wildman–Crippen LogP) is 4.67. The zero-order chi connectivity index (χ0) is 21.6. The molecule has 4 nitrogen and oxygen atoms in total. The summed E-state index contributed by atoms with van der Waals surface area (Å²) in [6.07, 6.45) is 4.71. The van der Waals surface area contributed by atoms with Crippen LogP contribution in [0.25, 0.3) is 11.1 Å². The van der Waals surface area contributed by atoms with Crippen LogP contribution in [0.15, 0.2) is 42.5 Å². The minimum Gasteiger partial charge on any atom is -0.385 e. The number of aliphatic hydroxyl groups is 1. The highest BCUT2D eigenvalue weighted by Gasteiger charge is 2.41. The Morgan fingerprint density at radius 1 is 1.23 bits per heavy atom. The number of amides is 1. The third kappa shape index (κ3) is 4.90. The molecule has 2 atom stereocenters. The van der Waals surface area contributed by atoms with Crippen LogP contribution in [-0.2, 0) is 15.1 Å². The first kappa shape index (κ1) is 22.4. The Kier molecular flexibility index (Phi) is 7.62. The maximum Gasteiger partial charge on any atom is 0.209 e. The van der Waals surface area contributed by atoms with Gasteiger partial charge in [0, 0.05) is 38.3 Å². The van der Waals surface area contributed by atoms with Crippen molar-refractivity contribution in [3.63, 3.8) is 0 Å². The summed E-state index contributed by atoms with van der Waals surface area (Å²) < 4.78 is 20.0. The van der Waals surface area contributed by atoms with Crippen molar-refractivity contribution in [3.8, 4) is 11.1 Å². The van der Waals surface area contributed by atoms with Gasteiger partial charge in [-0.1, -0.05) is 35.9 Å². The fraction of sp³-hybridized carbons (Fsp3) is 0.480. The lowest BCUT2D eigenvalue weighted by molar-refractivity contribution is -0.123. The Bertz CT molecular complexity index is 856. The topological polar surface area (TPSA) is 49.8 Å². The smallest absolute Gasteiger partial charge is 0.209 e. The van der Waals surface area contributed by atoms with Gasteiger partial charge in [-0.2, -0.15) is 0 Å². The molecule has 2 aromatic rings. The highest BCUT2D eigenvalue weighted by molar-refractivity contribution is 5.70. The largest absolute Gasteiger partial charge is 0.385 e. The van der Waals surface area contributed by atoms with Crippen LogP contribution >= 0.6 is 0 Å². The van der Waals surface area contributed by atoms with Crippen molar-refractivity contribution in [2.45, 2.75) is 44.6 Å². The second-order valence-corrected chi connectivity index (χ2v) is 8.34. The van der Waals surface area contributed by atoms with Crippen LogP contribution in [0.4, 0.5) is 4.39 Å². The molecule has 162 valence electrons. The summed E-state index contributed by atoms with van der Waals surface area (Å²) in [6, 6.07) is 12.6. The molecule has 0 saturated carbocycles. The van der Waals surface area contributed by atoms with Crippen molar-refractivity contribution in [1.29, 1.82) is 0 Å². The summed E-state index contributed by atoms with van der Waals surface area (Å²) in [6.45, 7) is 3.80. The molecule has 2 aromatic carbocycles. The van der Waals surface area contributed by atoms with Crippen molar-refractivity contribution in [2.75, 3.05) is 26.8 Å². The van der Waals surface area contributed by atoms with Crippen molar-refractivity contribution in [1.82, 2.24) is 4.90 Å². The van der Waals surface area contributed by atoms with E-state index in [-0.39, 0.29) is 11.7 Å². The first-order valence-corrected chi connectivity index (χ1v) is 10.8. The number of ether oxygens (including phenoxy) is 1. The molecular formula is C25H32FNO3. The maximum absolute atomic E-state index is 14.8. The summed E-state index contributed by atoms with van der Waals surface area (Å²) in [7, 11) is 1.67. The Morgan fingerprint density at radius 2 is 2.03 bits per heavy atom. The van der Waals surface area contributed by atoms with Crippen molar-refractivity contribution in [3.05, 3.63) is 59.4 Å². The molecule has 0 aliphatic carbocycles. The minimum absolute atomic E-state index is 0.104. The molecule has 30 heavy (non-hydrogen) atoms. The van der Waals surface area contributed by atoms with Crippen LogP contribution in [0.2, 0.25) is 0 Å². The number of aryl methyl sites for hydroxylation is 1. The summed E-state index contributed by atoms with van der Waals surface area (Å²) in [5, 5.41) is 12.1. The van der Waals surface area contributed by atoms with Gasteiger partial charge in [-0.15, -0.1) is 0 Å². The molecule has 1 saturated heterocycles. The summed E-state index contributed by atoms with van der Waals surface area (Å²) in [5.74, 6) is -0.402. The van der Waals surface area contributed by atoms with E-state index in [2.05, 4.69) is 0 Å². The van der Waals surface area contributed by atoms with E-state index in [1.54, 1.807) is 18.1 Å². The number of piperidine rings is 1. The van der Waals surface area contributed by atoms with Crippen LogP contribution < -0.4 is 0 Å². The Labute approximate surface area is 178 Å². The number of carbonyl (C=O) groups is 1. The molecule has 1 heterocycles. The summed E-state index contributed by atoms with van der Waals surface area (Å²) in [5.41, 5.74) is 1.78. The van der Waals surface area contributed by atoms with Crippen LogP contribution in [0.3, 0.4) is 0 Å². The minimum atomic E-state index is -1.15. The van der Waals surface area contributed by atoms with Gasteiger partial charge in [0.2, 0.25) is 6.41 Å². The summed E-state index contributed by atoms with van der Waals surface area (Å²) in [4.78, 5) is 13.2. The third-order valence-corrected chi connectivity index (χ3v) is 6.24. The van der Waals surface area contributed by atoms with Crippen LogP contribution in [0, 0.1) is 18.7 Å². The molecule has 0 aromatic heterocycles. The van der Waals surface area contributed by atoms with Crippen LogP contribution in [-0.4, -0.2) is 43.2 Å². The summed E-state index contributed by atoms with van der Waals surface area (Å²) >= 11 is 0. The van der Waals surface area contributed by atoms with Gasteiger partial charge in [-0.25, -0.2) is 4.39 Å². The predicted molar refractivity (Wildman–Crippen MR) is 117 cm³/mol. The zero-order valence-electron chi connectivity index (χ0n) is 17.9. The molecule has 0 unspecified atom stereocenters. The number of halogens is 1. The van der Waals surface area contributed by atoms with E-state index in [1.807, 2.05) is 37.3 Å². The standard InChI is InChI=1S/C25H32FNO3/c1-19-11-12-24(26)22(16-19)21-9-3-4-10-23(21)25(29,13-5-6-15-30-2)20-8-7-14-27(17-20)18-28/h3-4,9-12,16,18,20,29H,5-8,13-15,17H2,1-2H3/t20-,25+/m1/s1. The van der Waals surface area contributed by atoms with E-state index >= 15 is 0 Å². The SMILES string of the molecule is COCCCC[C@@](O)(c1ccccc1-c1cc(C)ccc1F)[C@@H]1CCCN(C=O)C1. The molecule has 0 bridgehead atoms. The van der Waals surface area contributed by atoms with Gasteiger partial charge in [0.1, 0.15) is 5.82 Å². The van der Waals surface area contributed by atoms with Gasteiger partial charge < -0.3 is 14.7 Å². The molecule has 1 aliphatic heterocycles. The number of rotatable bonds is 9. The van der Waals surface area contributed by atoms with Gasteiger partial charge in [0.25, 0.3) is 0 Å². The second-order valence-electron chi connectivity index (χ2n) is 8.34. The lowest BCUT2D eigenvalue weighted by atomic mass is 9.72. The number of likely N-dealkylation sites (tertiary alicyclic amines) is 1. The number of hydrogen-bond acceptors (Lipinski definition) is 3. The van der Waals surface area contributed by atoms with Gasteiger partial charge in [-0.3, -0.25) is 4.79 Å². The molecule has 1 amide bonds. The van der Waals surface area contributed by atoms with E-state index in [1.165, 1.54) is 6.07 Å². The Morgan fingerprint density at radius 3 is 2.80 bits per heavy atom. The monoisotopic (exact) mass is 413 g/mol. The quantitative estimate of drug-likeness (QED) is 0.480. The number of hydrogen-bond donors (Lipinski definition) is 1. The Hall–Kier alpha value is -2.24. The van der Waals surface area contributed by atoms with E-state index < -0.39 is 5.60 Å². The molecule has 1 aliphatic rings. The number of benzene rings is 2. The first-order chi connectivity index (χ1) is 14.5. The van der Waals surface area contributed by atoms with E-state index in [0.717, 1.165) is 48.8 Å². The lowest BCUT2D eigenvalue weighted by Gasteiger charge is -2.42. The molecule has 1 N–H and O–H groups in total. The fourth-order valence-corrected chi connectivity index (χ4v) is 4.63. The van der Waals surface area contributed by atoms with Gasteiger partial charge in [-0.05, 0) is 62.3 Å². The van der Waals surface area contributed by atoms with Crippen molar-refractivity contribution >= 4 is 6.41 Å². The average Bonchev–Trinajstić information content (AvgIpc) is 2.78. The Balaban J connectivity index is 2.05. The number of methoxy groups -OCH3 is 1. The van der Waals surface area contributed by atoms with Crippen LogP contribution in [0.5, 0.6) is 0 Å². The van der Waals surface area contributed by atoms with Gasteiger partial charge in [0.15, 0.2) is 0 Å². The molecule has 1 fully saturated rings. The van der Waals surface area contributed by atoms with Crippen LogP contribution in [0.1, 0.15) is 43.2 Å². The zero-order valence-corrected chi connectivity index (χ0v) is 17.9. The van der Waals surface area contributed by atoms with E-state index in [0.29, 0.717) is 31.7 Å². The number of unbranched alkanes of at least 4 members (excludes halogenated alkanes) is 1. The van der Waals surface area contributed by atoms with Gasteiger partial charge >= 0.3 is 0 Å². The van der Waals surface area contributed by atoms with E-state index in [9.17, 15) is 14.3 Å². The fourth-order valence-electron chi connectivity index (χ4n) is 4.63. The number of nitrogens with zero attached hydrogens (tertiary/aromatic N) is 1. The first-order valence-electron chi connectivity index (χ1n) is 10.8. The van der Waals surface area contributed by atoms with E-state index in [4.69, 9.17) is 4.74 Å². The molecular weight excluding hydrogens is 381 g/mol. The lowest BCUT2D eigenvalue weighted by Crippen LogP contribution is -2.46. The number of carbonyl (C=O) groups excluding carboxylic acids is 1. The maximum atomic E-state index is 14.8. The highest BCUT2D eigenvalue weighted by atomic mass is 19.1. The molecule has 0 radical (unpaired) electrons. The normalized spacial score (nSPS) is 18.8. The van der Waals surface area contributed by atoms with Gasteiger partial charge in [0.05, 0.1) is 5.60 Å². The second kappa shape index (κ2) is 10.2.